The van der Waals surface area contributed by atoms with Crippen LogP contribution in [0, 0.1) is 17.0 Å². The summed E-state index contributed by atoms with van der Waals surface area (Å²) in [5.41, 5.74) is -8.52. The maximum atomic E-state index is 14.9. The monoisotopic (exact) mass is 482 g/mol. The zero-order valence-electron chi connectivity index (χ0n) is 15.8. The number of hydrogen-bond acceptors (Lipinski definition) is 4. The highest BCUT2D eigenvalue weighted by atomic mass is 32.2. The predicted octanol–water partition coefficient (Wildman–Crippen LogP) is 5.13. The van der Waals surface area contributed by atoms with Gasteiger partial charge in [-0.1, -0.05) is 12.1 Å². The van der Waals surface area contributed by atoms with Gasteiger partial charge in [-0.2, -0.15) is 30.4 Å². The molecule has 12 heteroatoms. The lowest BCUT2D eigenvalue weighted by molar-refractivity contribution is -0.256. The Morgan fingerprint density at radius 3 is 1.97 bits per heavy atom. The molecule has 3 aliphatic carbocycles. The molecule has 0 radical (unpaired) electrons. The molecule has 172 valence electrons. The van der Waals surface area contributed by atoms with E-state index in [9.17, 15) is 43.9 Å². The molecule has 0 amide bonds. The summed E-state index contributed by atoms with van der Waals surface area (Å²) < 4.78 is 120. The molecule has 3 saturated carbocycles. The first-order chi connectivity index (χ1) is 14.6. The van der Waals surface area contributed by atoms with Crippen LogP contribution in [0.3, 0.4) is 0 Å². The van der Waals surface area contributed by atoms with E-state index < -0.39 is 61.1 Å². The standard InChI is InChI=1S/C20H13F7O4S/c21-12-3-6-14(15(22)7-12)16(28)19(23,24)18-8-17(9-18,10-18)11-1-4-13(5-2-11)31-32(29,30)20(25,26)27/h1-7H,8-10H2. The van der Waals surface area contributed by atoms with Gasteiger partial charge >= 0.3 is 21.5 Å². The van der Waals surface area contributed by atoms with Crippen LogP contribution in [-0.4, -0.2) is 25.6 Å². The number of carbonyl (C=O) groups excluding carboxylic acids is 1. The third-order valence-corrected chi connectivity index (χ3v) is 7.09. The molecule has 0 spiro atoms. The zero-order valence-corrected chi connectivity index (χ0v) is 16.7. The molecule has 0 saturated heterocycles. The molecule has 0 N–H and O–H groups in total. The summed E-state index contributed by atoms with van der Waals surface area (Å²) in [7, 11) is -5.84. The van der Waals surface area contributed by atoms with Gasteiger partial charge in [0.2, 0.25) is 5.78 Å². The van der Waals surface area contributed by atoms with Crippen LogP contribution in [0.15, 0.2) is 42.5 Å². The Labute approximate surface area is 177 Å². The maximum Gasteiger partial charge on any atom is 0.534 e. The number of carbonyl (C=O) groups is 1. The first kappa shape index (κ1) is 22.6. The van der Waals surface area contributed by atoms with Crippen molar-refractivity contribution in [2.24, 2.45) is 5.41 Å². The van der Waals surface area contributed by atoms with Crippen molar-refractivity contribution in [2.45, 2.75) is 36.1 Å². The Morgan fingerprint density at radius 2 is 1.47 bits per heavy atom. The van der Waals surface area contributed by atoms with Gasteiger partial charge in [0.05, 0.1) is 5.56 Å². The van der Waals surface area contributed by atoms with Crippen LogP contribution in [0.25, 0.3) is 0 Å². The van der Waals surface area contributed by atoms with Gasteiger partial charge in [-0.3, -0.25) is 4.79 Å². The van der Waals surface area contributed by atoms with E-state index in [2.05, 4.69) is 4.18 Å². The van der Waals surface area contributed by atoms with Gasteiger partial charge in [-0.05, 0) is 54.5 Å². The van der Waals surface area contributed by atoms with Crippen molar-refractivity contribution < 1.29 is 48.1 Å². The third-order valence-electron chi connectivity index (χ3n) is 6.11. The van der Waals surface area contributed by atoms with Crippen LogP contribution in [0.4, 0.5) is 30.7 Å². The molecule has 5 rings (SSSR count). The van der Waals surface area contributed by atoms with Gasteiger partial charge in [0, 0.05) is 11.5 Å². The summed E-state index contributed by atoms with van der Waals surface area (Å²) in [5.74, 6) is -8.65. The van der Waals surface area contributed by atoms with E-state index in [1.807, 2.05) is 0 Å². The lowest BCUT2D eigenvalue weighted by Gasteiger charge is -2.72. The van der Waals surface area contributed by atoms with Crippen LogP contribution in [0.5, 0.6) is 5.75 Å². The summed E-state index contributed by atoms with van der Waals surface area (Å²) in [4.78, 5) is 12.3. The molecule has 0 aromatic heterocycles. The molecule has 4 nitrogen and oxygen atoms in total. The van der Waals surface area contributed by atoms with Crippen molar-refractivity contribution in [3.8, 4) is 5.75 Å². The number of hydrogen-bond donors (Lipinski definition) is 0. The van der Waals surface area contributed by atoms with Crippen LogP contribution in [0.1, 0.15) is 35.2 Å². The molecule has 0 heterocycles. The second kappa shape index (κ2) is 6.69. The summed E-state index contributed by atoms with van der Waals surface area (Å²) in [6, 6.07) is 6.20. The van der Waals surface area contributed by atoms with Crippen LogP contribution >= 0.6 is 0 Å². The Morgan fingerprint density at radius 1 is 0.906 bits per heavy atom. The van der Waals surface area contributed by atoms with Crippen molar-refractivity contribution in [1.29, 1.82) is 0 Å². The lowest BCUT2D eigenvalue weighted by Crippen LogP contribution is -2.73. The van der Waals surface area contributed by atoms with Gasteiger partial charge in [-0.25, -0.2) is 8.78 Å². The van der Waals surface area contributed by atoms with Gasteiger partial charge in [-0.15, -0.1) is 0 Å². The Bertz CT molecular complexity index is 1180. The molecule has 3 aliphatic rings. The summed E-state index contributed by atoms with van der Waals surface area (Å²) in [5, 5.41) is 0. The van der Waals surface area contributed by atoms with Crippen molar-refractivity contribution in [3.05, 3.63) is 65.2 Å². The molecule has 2 aromatic rings. The van der Waals surface area contributed by atoms with E-state index in [4.69, 9.17) is 0 Å². The molecule has 3 fully saturated rings. The number of halogens is 7. The zero-order chi connectivity index (χ0) is 23.7. The number of benzene rings is 2. The minimum Gasteiger partial charge on any atom is -0.376 e. The van der Waals surface area contributed by atoms with Crippen molar-refractivity contribution in [1.82, 2.24) is 0 Å². The van der Waals surface area contributed by atoms with E-state index in [1.165, 1.54) is 12.1 Å². The minimum absolute atomic E-state index is 0.136. The smallest absolute Gasteiger partial charge is 0.376 e. The summed E-state index contributed by atoms with van der Waals surface area (Å²) in [6.45, 7) is 0. The second-order valence-electron chi connectivity index (χ2n) is 8.13. The van der Waals surface area contributed by atoms with Crippen molar-refractivity contribution in [3.63, 3.8) is 0 Å². The fourth-order valence-corrected chi connectivity index (χ4v) is 5.01. The predicted molar refractivity (Wildman–Crippen MR) is 95.6 cm³/mol. The Hall–Kier alpha value is -2.63. The van der Waals surface area contributed by atoms with Crippen LogP contribution in [0.2, 0.25) is 0 Å². The summed E-state index contributed by atoms with van der Waals surface area (Å²) >= 11 is 0. The van der Waals surface area contributed by atoms with E-state index in [0.29, 0.717) is 23.8 Å². The van der Waals surface area contributed by atoms with Crippen molar-refractivity contribution >= 4 is 15.9 Å². The first-order valence-electron chi connectivity index (χ1n) is 9.12. The average Bonchev–Trinajstić information content (AvgIpc) is 2.59. The normalized spacial score (nSPS) is 25.0. The van der Waals surface area contributed by atoms with Gasteiger partial charge < -0.3 is 4.18 Å². The first-order valence-corrected chi connectivity index (χ1v) is 10.5. The van der Waals surface area contributed by atoms with Crippen LogP contribution in [-0.2, 0) is 15.5 Å². The number of alkyl halides is 5. The topological polar surface area (TPSA) is 60.4 Å². The number of Topliss-reactive ketones (excluding diaryl/α,β-unsaturated/α-hetero) is 1. The lowest BCUT2D eigenvalue weighted by atomic mass is 9.31. The molecule has 2 aromatic carbocycles. The molecule has 32 heavy (non-hydrogen) atoms. The van der Waals surface area contributed by atoms with Crippen molar-refractivity contribution in [2.75, 3.05) is 0 Å². The summed E-state index contributed by atoms with van der Waals surface area (Å²) in [6.07, 6.45) is -0.409. The molecular weight excluding hydrogens is 469 g/mol. The second-order valence-corrected chi connectivity index (χ2v) is 9.66. The number of ketones is 1. The third kappa shape index (κ3) is 3.18. The van der Waals surface area contributed by atoms with E-state index in [-0.39, 0.29) is 19.3 Å². The highest BCUT2D eigenvalue weighted by Gasteiger charge is 2.79. The minimum atomic E-state index is -5.84. The highest BCUT2D eigenvalue weighted by molar-refractivity contribution is 7.88. The molecule has 0 aliphatic heterocycles. The Kier molecular flexibility index (Phi) is 4.72. The van der Waals surface area contributed by atoms with E-state index >= 15 is 0 Å². The quantitative estimate of drug-likeness (QED) is 0.248. The molecule has 0 unspecified atom stereocenters. The van der Waals surface area contributed by atoms with Gasteiger partial charge in [0.15, 0.2) is 0 Å². The SMILES string of the molecule is O=C(c1ccc(F)cc1F)C(F)(F)C12CC(c3ccc(OS(=O)(=O)C(F)(F)F)cc3)(C1)C2. The fourth-order valence-electron chi connectivity index (χ4n) is 4.55. The average molecular weight is 482 g/mol. The fraction of sp³-hybridized carbons (Fsp3) is 0.350. The number of rotatable bonds is 6. The molecule has 2 bridgehead atoms. The molecule has 0 atom stereocenters. The maximum absolute atomic E-state index is 14.9. The van der Waals surface area contributed by atoms with E-state index in [1.54, 1.807) is 0 Å². The highest BCUT2D eigenvalue weighted by Crippen LogP contribution is 2.78. The largest absolute Gasteiger partial charge is 0.534 e. The van der Waals surface area contributed by atoms with Gasteiger partial charge in [0.25, 0.3) is 0 Å². The van der Waals surface area contributed by atoms with Crippen LogP contribution < -0.4 is 4.18 Å². The molecular formula is C20H13F7O4S. The van der Waals surface area contributed by atoms with E-state index in [0.717, 1.165) is 12.1 Å². The Balaban J connectivity index is 1.48. The van der Waals surface area contributed by atoms with Gasteiger partial charge in [0.1, 0.15) is 17.4 Å².